The summed E-state index contributed by atoms with van der Waals surface area (Å²) in [6, 6.07) is 9.92. The van der Waals surface area contributed by atoms with Gasteiger partial charge in [-0.3, -0.25) is 9.78 Å². The Balaban J connectivity index is 2.29. The van der Waals surface area contributed by atoms with Crippen molar-refractivity contribution in [3.63, 3.8) is 0 Å². The van der Waals surface area contributed by atoms with Crippen molar-refractivity contribution >= 4 is 21.9 Å². The SMILES string of the molecule is O=C(O)C(Cc1ccc(Br)cc1)c1ncccc1F. The molecule has 0 bridgehead atoms. The van der Waals surface area contributed by atoms with E-state index in [9.17, 15) is 14.3 Å². The fraction of sp³-hybridized carbons (Fsp3) is 0.143. The molecule has 0 aliphatic heterocycles. The van der Waals surface area contributed by atoms with E-state index in [-0.39, 0.29) is 12.1 Å². The third-order valence-corrected chi connectivity index (χ3v) is 3.30. The molecule has 5 heteroatoms. The van der Waals surface area contributed by atoms with Gasteiger partial charge in [-0.15, -0.1) is 0 Å². The number of halogens is 2. The Bertz CT molecular complexity index is 586. The van der Waals surface area contributed by atoms with Gasteiger partial charge in [-0.1, -0.05) is 28.1 Å². The zero-order valence-electron chi connectivity index (χ0n) is 9.88. The van der Waals surface area contributed by atoms with Gasteiger partial charge in [0.25, 0.3) is 0 Å². The molecule has 0 fully saturated rings. The van der Waals surface area contributed by atoms with Crippen molar-refractivity contribution in [1.29, 1.82) is 0 Å². The number of carboxylic acid groups (broad SMARTS) is 1. The largest absolute Gasteiger partial charge is 0.481 e. The topological polar surface area (TPSA) is 50.2 Å². The highest BCUT2D eigenvalue weighted by Gasteiger charge is 2.24. The molecule has 3 nitrogen and oxygen atoms in total. The molecule has 0 spiro atoms. The highest BCUT2D eigenvalue weighted by molar-refractivity contribution is 9.10. The molecule has 0 radical (unpaired) electrons. The van der Waals surface area contributed by atoms with Crippen LogP contribution in [0.3, 0.4) is 0 Å². The maximum atomic E-state index is 13.6. The molecule has 0 saturated carbocycles. The minimum atomic E-state index is -1.08. The van der Waals surface area contributed by atoms with E-state index < -0.39 is 17.7 Å². The van der Waals surface area contributed by atoms with Crippen molar-refractivity contribution in [2.75, 3.05) is 0 Å². The van der Waals surface area contributed by atoms with E-state index in [1.54, 1.807) is 12.1 Å². The van der Waals surface area contributed by atoms with Crippen molar-refractivity contribution in [3.8, 4) is 0 Å². The van der Waals surface area contributed by atoms with Gasteiger partial charge in [-0.05, 0) is 36.2 Å². The van der Waals surface area contributed by atoms with Crippen LogP contribution in [0.2, 0.25) is 0 Å². The number of nitrogens with zero attached hydrogens (tertiary/aromatic N) is 1. The van der Waals surface area contributed by atoms with Crippen LogP contribution < -0.4 is 0 Å². The summed E-state index contributed by atoms with van der Waals surface area (Å²) in [4.78, 5) is 15.2. The van der Waals surface area contributed by atoms with Crippen LogP contribution >= 0.6 is 15.9 Å². The first-order valence-corrected chi connectivity index (χ1v) is 6.45. The monoisotopic (exact) mass is 323 g/mol. The lowest BCUT2D eigenvalue weighted by Gasteiger charge is -2.12. The Morgan fingerprint density at radius 3 is 2.58 bits per heavy atom. The van der Waals surface area contributed by atoms with Gasteiger partial charge < -0.3 is 5.11 Å². The molecule has 1 N–H and O–H groups in total. The number of rotatable bonds is 4. The quantitative estimate of drug-likeness (QED) is 0.938. The normalized spacial score (nSPS) is 12.1. The third kappa shape index (κ3) is 3.38. The molecule has 98 valence electrons. The summed E-state index contributed by atoms with van der Waals surface area (Å²) < 4.78 is 14.5. The second-order valence-electron chi connectivity index (χ2n) is 4.09. The lowest BCUT2D eigenvalue weighted by atomic mass is 9.95. The number of benzene rings is 1. The summed E-state index contributed by atoms with van der Waals surface area (Å²) in [7, 11) is 0. The van der Waals surface area contributed by atoms with E-state index in [1.807, 2.05) is 12.1 Å². The van der Waals surface area contributed by atoms with Crippen LogP contribution in [0, 0.1) is 5.82 Å². The molecule has 0 aliphatic carbocycles. The van der Waals surface area contributed by atoms with Crippen LogP contribution in [0.4, 0.5) is 4.39 Å². The smallest absolute Gasteiger partial charge is 0.313 e. The first-order valence-electron chi connectivity index (χ1n) is 5.65. The van der Waals surface area contributed by atoms with Gasteiger partial charge in [0, 0.05) is 10.7 Å². The van der Waals surface area contributed by atoms with Crippen LogP contribution in [0.25, 0.3) is 0 Å². The maximum Gasteiger partial charge on any atom is 0.313 e. The summed E-state index contributed by atoms with van der Waals surface area (Å²) in [6.07, 6.45) is 1.60. The lowest BCUT2D eigenvalue weighted by Crippen LogP contribution is -2.17. The van der Waals surface area contributed by atoms with Gasteiger partial charge in [-0.25, -0.2) is 4.39 Å². The Morgan fingerprint density at radius 2 is 2.00 bits per heavy atom. The van der Waals surface area contributed by atoms with Gasteiger partial charge >= 0.3 is 5.97 Å². The molecule has 0 aliphatic rings. The first-order chi connectivity index (χ1) is 9.08. The third-order valence-electron chi connectivity index (χ3n) is 2.77. The number of carbonyl (C=O) groups is 1. The van der Waals surface area contributed by atoms with Crippen molar-refractivity contribution in [2.45, 2.75) is 12.3 Å². The predicted octanol–water partition coefficient (Wildman–Crippen LogP) is 3.39. The molecule has 1 atom stereocenters. The zero-order chi connectivity index (χ0) is 13.8. The number of hydrogen-bond acceptors (Lipinski definition) is 2. The summed E-state index contributed by atoms with van der Waals surface area (Å²) in [5.41, 5.74) is 0.790. The number of pyridine rings is 1. The highest BCUT2D eigenvalue weighted by atomic mass is 79.9. The van der Waals surface area contributed by atoms with E-state index in [0.29, 0.717) is 0 Å². The van der Waals surface area contributed by atoms with Crippen molar-refractivity contribution in [2.24, 2.45) is 0 Å². The van der Waals surface area contributed by atoms with Crippen LogP contribution in [0.1, 0.15) is 17.2 Å². The second-order valence-corrected chi connectivity index (χ2v) is 5.01. The average molecular weight is 324 g/mol. The van der Waals surface area contributed by atoms with Crippen molar-refractivity contribution in [3.05, 3.63) is 64.1 Å². The van der Waals surface area contributed by atoms with Crippen molar-refractivity contribution < 1.29 is 14.3 Å². The molecule has 0 amide bonds. The van der Waals surface area contributed by atoms with Gasteiger partial charge in [-0.2, -0.15) is 0 Å². The summed E-state index contributed by atoms with van der Waals surface area (Å²) in [5.74, 6) is -2.66. The van der Waals surface area contributed by atoms with Gasteiger partial charge in [0.15, 0.2) is 0 Å². The molecule has 1 aromatic heterocycles. The average Bonchev–Trinajstić information content (AvgIpc) is 2.39. The Morgan fingerprint density at radius 1 is 1.32 bits per heavy atom. The van der Waals surface area contributed by atoms with Gasteiger partial charge in [0.2, 0.25) is 0 Å². The van der Waals surface area contributed by atoms with E-state index in [1.165, 1.54) is 18.3 Å². The molecule has 0 saturated heterocycles. The van der Waals surface area contributed by atoms with Crippen molar-refractivity contribution in [1.82, 2.24) is 4.98 Å². The minimum Gasteiger partial charge on any atom is -0.481 e. The number of aliphatic carboxylic acids is 1. The molecular formula is C14H11BrFNO2. The molecular weight excluding hydrogens is 313 g/mol. The summed E-state index contributed by atoms with van der Waals surface area (Å²) in [6.45, 7) is 0. The van der Waals surface area contributed by atoms with E-state index >= 15 is 0 Å². The van der Waals surface area contributed by atoms with Crippen LogP contribution in [-0.4, -0.2) is 16.1 Å². The number of carboxylic acids is 1. The summed E-state index contributed by atoms with van der Waals surface area (Å²) >= 11 is 3.31. The molecule has 2 rings (SSSR count). The fourth-order valence-electron chi connectivity index (χ4n) is 1.81. The zero-order valence-corrected chi connectivity index (χ0v) is 11.5. The Labute approximate surface area is 118 Å². The fourth-order valence-corrected chi connectivity index (χ4v) is 2.08. The first kappa shape index (κ1) is 13.7. The van der Waals surface area contributed by atoms with E-state index in [2.05, 4.69) is 20.9 Å². The predicted molar refractivity (Wildman–Crippen MR) is 72.4 cm³/mol. The van der Waals surface area contributed by atoms with E-state index in [0.717, 1.165) is 10.0 Å². The van der Waals surface area contributed by atoms with E-state index in [4.69, 9.17) is 0 Å². The number of aromatic nitrogens is 1. The van der Waals surface area contributed by atoms with Crippen LogP contribution in [0.5, 0.6) is 0 Å². The van der Waals surface area contributed by atoms with Crippen LogP contribution in [0.15, 0.2) is 47.1 Å². The molecule has 1 unspecified atom stereocenters. The van der Waals surface area contributed by atoms with Gasteiger partial charge in [0.1, 0.15) is 11.7 Å². The Kier molecular flexibility index (Phi) is 4.27. The minimum absolute atomic E-state index is 0.0297. The van der Waals surface area contributed by atoms with Crippen LogP contribution in [-0.2, 0) is 11.2 Å². The molecule has 19 heavy (non-hydrogen) atoms. The number of hydrogen-bond donors (Lipinski definition) is 1. The van der Waals surface area contributed by atoms with Gasteiger partial charge in [0.05, 0.1) is 5.69 Å². The standard InChI is InChI=1S/C14H11BrFNO2/c15-10-5-3-9(4-6-10)8-11(14(18)19)13-12(16)2-1-7-17-13/h1-7,11H,8H2,(H,18,19). The molecule has 2 aromatic rings. The summed E-state index contributed by atoms with van der Waals surface area (Å²) in [5, 5.41) is 9.25. The molecule has 1 aromatic carbocycles. The molecule has 1 heterocycles. The second kappa shape index (κ2) is 5.93. The Hall–Kier alpha value is -1.75. The maximum absolute atomic E-state index is 13.6. The highest BCUT2D eigenvalue weighted by Crippen LogP contribution is 2.23. The lowest BCUT2D eigenvalue weighted by molar-refractivity contribution is -0.138.